The van der Waals surface area contributed by atoms with Crippen molar-refractivity contribution in [3.05, 3.63) is 12.7 Å². The zero-order valence-electron chi connectivity index (χ0n) is 8.54. The van der Waals surface area contributed by atoms with Crippen molar-refractivity contribution in [3.8, 4) is 0 Å². The molecule has 0 aromatic rings. The van der Waals surface area contributed by atoms with Crippen LogP contribution >= 0.6 is 0 Å². The number of amides is 1. The van der Waals surface area contributed by atoms with Crippen LogP contribution in [0.5, 0.6) is 0 Å². The molecule has 0 aliphatic heterocycles. The molecule has 0 spiro atoms. The van der Waals surface area contributed by atoms with Gasteiger partial charge < -0.3 is 4.74 Å². The Bertz CT molecular complexity index is 201. The van der Waals surface area contributed by atoms with E-state index in [-0.39, 0.29) is 0 Å². The minimum atomic E-state index is -0.531. The van der Waals surface area contributed by atoms with E-state index in [9.17, 15) is 4.79 Å². The maximum atomic E-state index is 11.0. The predicted octanol–water partition coefficient (Wildman–Crippen LogP) is 2.96. The van der Waals surface area contributed by atoms with Crippen molar-refractivity contribution < 1.29 is 9.53 Å². The van der Waals surface area contributed by atoms with Crippen LogP contribution in [0.25, 0.3) is 0 Å². The average molecular weight is 183 g/mol. The van der Waals surface area contributed by atoms with E-state index in [1.54, 1.807) is 12.3 Å². The van der Waals surface area contributed by atoms with Gasteiger partial charge in [-0.05, 0) is 33.6 Å². The van der Waals surface area contributed by atoms with E-state index in [4.69, 9.17) is 4.74 Å². The summed E-state index contributed by atoms with van der Waals surface area (Å²) in [6, 6.07) is 0. The monoisotopic (exact) mass is 183 g/mol. The highest BCUT2D eigenvalue weighted by atomic mass is 16.6. The van der Waals surface area contributed by atoms with Crippen molar-refractivity contribution in [2.45, 2.75) is 39.2 Å². The van der Waals surface area contributed by atoms with Gasteiger partial charge in [0.25, 0.3) is 0 Å². The molecule has 3 heteroatoms. The van der Waals surface area contributed by atoms with Gasteiger partial charge in [0, 0.05) is 6.21 Å². The summed E-state index contributed by atoms with van der Waals surface area (Å²) in [4.78, 5) is 14.6. The molecule has 0 fully saturated rings. The van der Waals surface area contributed by atoms with E-state index in [0.717, 1.165) is 12.8 Å². The van der Waals surface area contributed by atoms with Crippen molar-refractivity contribution in [2.24, 2.45) is 4.99 Å². The Labute approximate surface area is 79.5 Å². The van der Waals surface area contributed by atoms with Gasteiger partial charge in [0.15, 0.2) is 0 Å². The van der Waals surface area contributed by atoms with Crippen LogP contribution in [0.3, 0.4) is 0 Å². The summed E-state index contributed by atoms with van der Waals surface area (Å²) in [5.41, 5.74) is -0.465. The van der Waals surface area contributed by atoms with Crippen molar-refractivity contribution in [1.29, 1.82) is 0 Å². The van der Waals surface area contributed by atoms with Gasteiger partial charge in [-0.25, -0.2) is 4.79 Å². The number of carbonyl (C=O) groups excluding carboxylic acids is 1. The molecule has 0 aromatic heterocycles. The first-order chi connectivity index (χ1) is 5.95. The first-order valence-electron chi connectivity index (χ1n) is 4.32. The van der Waals surface area contributed by atoms with Gasteiger partial charge >= 0.3 is 6.09 Å². The molecule has 1 amide bonds. The molecule has 0 radical (unpaired) electrons. The highest BCUT2D eigenvalue weighted by Gasteiger charge is 2.14. The molecule has 0 aromatic carbocycles. The van der Waals surface area contributed by atoms with Crippen LogP contribution in [-0.2, 0) is 4.74 Å². The molecule has 74 valence electrons. The van der Waals surface area contributed by atoms with Gasteiger partial charge in [0.05, 0.1) is 0 Å². The Morgan fingerprint density at radius 1 is 1.46 bits per heavy atom. The lowest BCUT2D eigenvalue weighted by Crippen LogP contribution is -2.21. The fourth-order valence-corrected chi connectivity index (χ4v) is 0.620. The molecule has 0 aliphatic carbocycles. The van der Waals surface area contributed by atoms with Crippen LogP contribution in [-0.4, -0.2) is 17.9 Å². The van der Waals surface area contributed by atoms with E-state index in [0.29, 0.717) is 0 Å². The van der Waals surface area contributed by atoms with Crippen LogP contribution in [0, 0.1) is 0 Å². The summed E-state index contributed by atoms with van der Waals surface area (Å²) >= 11 is 0. The minimum absolute atomic E-state index is 0.465. The lowest BCUT2D eigenvalue weighted by molar-refractivity contribution is 0.0605. The molecule has 0 unspecified atom stereocenters. The van der Waals surface area contributed by atoms with E-state index >= 15 is 0 Å². The largest absolute Gasteiger partial charge is 0.442 e. The number of nitrogens with zero attached hydrogens (tertiary/aromatic N) is 1. The van der Waals surface area contributed by atoms with E-state index < -0.39 is 11.7 Å². The summed E-state index contributed by atoms with van der Waals surface area (Å²) in [5.74, 6) is 0. The lowest BCUT2D eigenvalue weighted by atomic mass is 10.2. The van der Waals surface area contributed by atoms with E-state index in [1.807, 2.05) is 20.8 Å². The van der Waals surface area contributed by atoms with Crippen molar-refractivity contribution in [2.75, 3.05) is 0 Å². The third kappa shape index (κ3) is 8.79. The second kappa shape index (κ2) is 5.51. The van der Waals surface area contributed by atoms with Gasteiger partial charge in [-0.2, -0.15) is 4.99 Å². The fourth-order valence-electron chi connectivity index (χ4n) is 0.620. The van der Waals surface area contributed by atoms with Crippen LogP contribution in [0.2, 0.25) is 0 Å². The molecule has 0 atom stereocenters. The summed E-state index contributed by atoms with van der Waals surface area (Å²) in [5, 5.41) is 0. The lowest BCUT2D eigenvalue weighted by Gasteiger charge is -2.16. The second-order valence-electron chi connectivity index (χ2n) is 3.66. The Balaban J connectivity index is 3.74. The molecule has 0 saturated heterocycles. The molecular weight excluding hydrogens is 166 g/mol. The number of allylic oxidation sites excluding steroid dienone is 1. The fraction of sp³-hybridized carbons (Fsp3) is 0.600. The SMILES string of the molecule is C=CCCC=NC(=O)OC(C)(C)C. The predicted molar refractivity (Wildman–Crippen MR) is 54.2 cm³/mol. The number of aliphatic imine (C=N–C) groups is 1. The van der Waals surface area contributed by atoms with Crippen LogP contribution < -0.4 is 0 Å². The van der Waals surface area contributed by atoms with Gasteiger partial charge in [-0.1, -0.05) is 6.08 Å². The summed E-state index contributed by atoms with van der Waals surface area (Å²) in [7, 11) is 0. The number of hydrogen-bond donors (Lipinski definition) is 0. The molecular formula is C10H17NO2. The van der Waals surface area contributed by atoms with E-state index in [2.05, 4.69) is 11.6 Å². The maximum Gasteiger partial charge on any atom is 0.433 e. The third-order valence-corrected chi connectivity index (χ3v) is 1.09. The average Bonchev–Trinajstić information content (AvgIpc) is 1.94. The van der Waals surface area contributed by atoms with E-state index in [1.165, 1.54) is 0 Å². The summed E-state index contributed by atoms with van der Waals surface area (Å²) in [6.07, 6.45) is 4.35. The van der Waals surface area contributed by atoms with Gasteiger partial charge in [0.1, 0.15) is 5.60 Å². The zero-order valence-corrected chi connectivity index (χ0v) is 8.54. The third-order valence-electron chi connectivity index (χ3n) is 1.09. The summed E-state index contributed by atoms with van der Waals surface area (Å²) in [6.45, 7) is 8.99. The van der Waals surface area contributed by atoms with Crippen molar-refractivity contribution >= 4 is 12.3 Å². The summed E-state index contributed by atoms with van der Waals surface area (Å²) < 4.78 is 4.96. The van der Waals surface area contributed by atoms with Crippen LogP contribution in [0.15, 0.2) is 17.6 Å². The molecule has 0 bridgehead atoms. The zero-order chi connectivity index (χ0) is 10.3. The van der Waals surface area contributed by atoms with Gasteiger partial charge in [0.2, 0.25) is 0 Å². The normalized spacial score (nSPS) is 11.6. The van der Waals surface area contributed by atoms with Crippen molar-refractivity contribution in [3.63, 3.8) is 0 Å². The first-order valence-corrected chi connectivity index (χ1v) is 4.32. The highest BCUT2D eigenvalue weighted by Crippen LogP contribution is 2.07. The Hall–Kier alpha value is -1.12. The number of ether oxygens (including phenoxy) is 1. The highest BCUT2D eigenvalue weighted by molar-refractivity contribution is 5.79. The topological polar surface area (TPSA) is 38.7 Å². The molecule has 0 saturated carbocycles. The number of unbranched alkanes of at least 4 members (excludes halogenated alkanes) is 1. The van der Waals surface area contributed by atoms with Crippen molar-refractivity contribution in [1.82, 2.24) is 0 Å². The van der Waals surface area contributed by atoms with Gasteiger partial charge in [-0.15, -0.1) is 6.58 Å². The Kier molecular flexibility index (Phi) is 5.04. The minimum Gasteiger partial charge on any atom is -0.442 e. The second-order valence-corrected chi connectivity index (χ2v) is 3.66. The number of rotatable bonds is 3. The molecule has 3 nitrogen and oxygen atoms in total. The number of carbonyl (C=O) groups is 1. The molecule has 0 N–H and O–H groups in total. The van der Waals surface area contributed by atoms with Crippen LogP contribution in [0.4, 0.5) is 4.79 Å². The molecule has 0 rings (SSSR count). The maximum absolute atomic E-state index is 11.0. The number of hydrogen-bond acceptors (Lipinski definition) is 2. The standard InChI is InChI=1S/C10H17NO2/c1-5-6-7-8-11-9(12)13-10(2,3)4/h5,8H,1,6-7H2,2-4H3. The Morgan fingerprint density at radius 3 is 2.54 bits per heavy atom. The van der Waals surface area contributed by atoms with Gasteiger partial charge in [-0.3, -0.25) is 0 Å². The quantitative estimate of drug-likeness (QED) is 0.383. The molecule has 0 heterocycles. The first kappa shape index (κ1) is 11.9. The molecule has 13 heavy (non-hydrogen) atoms. The molecule has 0 aliphatic rings. The smallest absolute Gasteiger partial charge is 0.433 e. The Morgan fingerprint density at radius 2 is 2.08 bits per heavy atom. The van der Waals surface area contributed by atoms with Crippen LogP contribution in [0.1, 0.15) is 33.6 Å².